The van der Waals surface area contributed by atoms with Crippen LogP contribution in [0, 0.1) is 5.95 Å². The van der Waals surface area contributed by atoms with Crippen molar-refractivity contribution < 1.29 is 82.4 Å². The highest BCUT2D eigenvalue weighted by atomic mass is 19.1. The molecule has 26 nitrogen and oxygen atoms in total. The molecular formula is C42H63FN10O16. The highest BCUT2D eigenvalue weighted by Gasteiger charge is 2.31. The third-order valence-electron chi connectivity index (χ3n) is 10.1. The Morgan fingerprint density at radius 2 is 0.913 bits per heavy atom. The minimum absolute atomic E-state index is 0.0194. The molecule has 27 heteroatoms. The number of nitrogens with two attached hydrogens (primary N) is 2. The summed E-state index contributed by atoms with van der Waals surface area (Å²) in [5.41, 5.74) is 10.3. The summed E-state index contributed by atoms with van der Waals surface area (Å²) in [7, 11) is 0. The molecule has 5 atom stereocenters. The molecule has 1 rings (SSSR count). The molecule has 0 bridgehead atoms. The van der Waals surface area contributed by atoms with E-state index in [1.165, 1.54) is 0 Å². The van der Waals surface area contributed by atoms with E-state index in [0.29, 0.717) is 44.9 Å². The van der Waals surface area contributed by atoms with Gasteiger partial charge in [-0.25, -0.2) is 24.2 Å². The maximum atomic E-state index is 13.3. The Morgan fingerprint density at radius 1 is 0.493 bits per heavy atom. The van der Waals surface area contributed by atoms with E-state index in [9.17, 15) is 72.1 Å². The molecule has 0 radical (unpaired) electrons. The van der Waals surface area contributed by atoms with E-state index < -0.39 is 115 Å². The van der Waals surface area contributed by atoms with E-state index in [1.807, 2.05) is 5.32 Å². The number of rotatable bonds is 37. The van der Waals surface area contributed by atoms with Gasteiger partial charge in [-0.2, -0.15) is 4.39 Å². The quantitative estimate of drug-likeness (QED) is 0.0278. The number of carboxylic acid groups (broad SMARTS) is 4. The van der Waals surface area contributed by atoms with Crippen molar-refractivity contribution >= 4 is 71.3 Å². The number of nitrogens with zero attached hydrogens (tertiary/aromatic N) is 1. The topological polar surface area (TPSA) is 435 Å². The van der Waals surface area contributed by atoms with E-state index in [4.69, 9.17) is 21.7 Å². The van der Waals surface area contributed by atoms with Crippen LogP contribution in [0.3, 0.4) is 0 Å². The van der Waals surface area contributed by atoms with Crippen molar-refractivity contribution in [2.75, 3.05) is 13.1 Å². The van der Waals surface area contributed by atoms with Gasteiger partial charge in [0.05, 0.1) is 5.56 Å². The van der Waals surface area contributed by atoms with Crippen LogP contribution >= 0.6 is 0 Å². The Hall–Kier alpha value is -7.48. The maximum absolute atomic E-state index is 13.3. The molecule has 0 saturated heterocycles. The smallest absolute Gasteiger partial charge is 0.326 e. The number of hydrogen-bond acceptors (Lipinski definition) is 13. The standard InChI is InChI=1S/C42H63FN10O16/c43-30-17-13-24(23-48-30)36(60)49-25(14-18-31(44)54)37(61)50-26(15-19-32(45)55)38(62)51-27(39(63)64)9-5-7-21-46-33(56)11-3-1-2-4-12-34(57)47-22-8-6-10-28(40(65)66)52-42(69)53-29(41(67)68)16-20-35(58)59/h13,17,23,25-29H,1-12,14-16,18-22H2,(H2,44,54)(H2,45,55)(H,46,56)(H,47,57)(H,49,60)(H,50,61)(H,51,62)(H,58,59)(H,63,64)(H,65,66)(H,67,68)(H2,52,53,69)/t25-,26-,27+,28-,29-/m0/s1. The van der Waals surface area contributed by atoms with Crippen LogP contribution in [0.15, 0.2) is 18.3 Å². The number of primary amides is 2. The second-order valence-electron chi connectivity index (χ2n) is 15.8. The minimum Gasteiger partial charge on any atom is -0.481 e. The molecule has 0 spiro atoms. The molecule has 0 saturated carbocycles. The average Bonchev–Trinajstić information content (AvgIpc) is 3.27. The number of nitrogens with one attached hydrogen (secondary N) is 7. The van der Waals surface area contributed by atoms with E-state index >= 15 is 0 Å². The third-order valence-corrected chi connectivity index (χ3v) is 10.1. The van der Waals surface area contributed by atoms with Gasteiger partial charge < -0.3 is 69.1 Å². The summed E-state index contributed by atoms with van der Waals surface area (Å²) in [5, 5.41) is 53.8. The largest absolute Gasteiger partial charge is 0.481 e. The van der Waals surface area contributed by atoms with Crippen LogP contribution in [-0.4, -0.2) is 140 Å². The van der Waals surface area contributed by atoms with Gasteiger partial charge in [-0.3, -0.25) is 38.4 Å². The number of aromatic nitrogens is 1. The summed E-state index contributed by atoms with van der Waals surface area (Å²) in [6.07, 6.45) is 2.53. The number of carbonyl (C=O) groups excluding carboxylic acids is 8. The molecule has 69 heavy (non-hydrogen) atoms. The zero-order chi connectivity index (χ0) is 51.9. The Bertz CT molecular complexity index is 1940. The highest BCUT2D eigenvalue weighted by molar-refractivity contribution is 5.98. The van der Waals surface area contributed by atoms with Crippen LogP contribution in [0.5, 0.6) is 0 Å². The van der Waals surface area contributed by atoms with Gasteiger partial charge in [0, 0.05) is 51.4 Å². The zero-order valence-corrected chi connectivity index (χ0v) is 37.9. The Kier molecular flexibility index (Phi) is 28.5. The van der Waals surface area contributed by atoms with Gasteiger partial charge in [-0.1, -0.05) is 12.8 Å². The van der Waals surface area contributed by atoms with Crippen molar-refractivity contribution in [3.8, 4) is 0 Å². The molecule has 0 aromatic carbocycles. The zero-order valence-electron chi connectivity index (χ0n) is 37.9. The summed E-state index contributed by atoms with van der Waals surface area (Å²) in [4.78, 5) is 148. The maximum Gasteiger partial charge on any atom is 0.326 e. The molecule has 1 heterocycles. The van der Waals surface area contributed by atoms with Crippen molar-refractivity contribution in [2.24, 2.45) is 11.5 Å². The summed E-state index contributed by atoms with van der Waals surface area (Å²) in [5.74, 6) is -11.3. The summed E-state index contributed by atoms with van der Waals surface area (Å²) in [6, 6.07) is -6.36. The molecule has 0 aliphatic heterocycles. The molecule has 0 unspecified atom stereocenters. The lowest BCUT2D eigenvalue weighted by atomic mass is 10.0. The third kappa shape index (κ3) is 27.7. The van der Waals surface area contributed by atoms with Crippen LogP contribution in [0.4, 0.5) is 9.18 Å². The highest BCUT2D eigenvalue weighted by Crippen LogP contribution is 2.10. The van der Waals surface area contributed by atoms with E-state index in [2.05, 4.69) is 36.9 Å². The molecule has 1 aromatic heterocycles. The molecule has 0 fully saturated rings. The average molecular weight is 983 g/mol. The monoisotopic (exact) mass is 982 g/mol. The summed E-state index contributed by atoms with van der Waals surface area (Å²) >= 11 is 0. The first-order chi connectivity index (χ1) is 32.6. The number of unbranched alkanes of at least 4 members (excludes halogenated alkanes) is 5. The van der Waals surface area contributed by atoms with Crippen LogP contribution in [0.2, 0.25) is 0 Å². The fraction of sp³-hybridized carbons (Fsp3) is 0.595. The number of pyridine rings is 1. The first kappa shape index (κ1) is 59.5. The lowest BCUT2D eigenvalue weighted by Crippen LogP contribution is -2.56. The van der Waals surface area contributed by atoms with Crippen molar-refractivity contribution in [1.29, 1.82) is 0 Å². The first-order valence-corrected chi connectivity index (χ1v) is 22.2. The van der Waals surface area contributed by atoms with E-state index in [0.717, 1.165) is 18.3 Å². The lowest BCUT2D eigenvalue weighted by Gasteiger charge is -2.24. The van der Waals surface area contributed by atoms with Crippen LogP contribution in [-0.2, 0) is 47.9 Å². The number of aliphatic carboxylic acids is 4. The molecule has 9 amide bonds. The molecular weight excluding hydrogens is 920 g/mol. The number of carboxylic acids is 4. The van der Waals surface area contributed by atoms with Crippen LogP contribution < -0.4 is 48.7 Å². The minimum atomic E-state index is -1.53. The molecule has 1 aromatic rings. The lowest BCUT2D eigenvalue weighted by molar-refractivity contribution is -0.143. The molecule has 0 aliphatic rings. The fourth-order valence-corrected chi connectivity index (χ4v) is 6.31. The Labute approximate surface area is 395 Å². The Morgan fingerprint density at radius 3 is 1.33 bits per heavy atom. The fourth-order valence-electron chi connectivity index (χ4n) is 6.31. The van der Waals surface area contributed by atoms with Crippen molar-refractivity contribution in [3.63, 3.8) is 0 Å². The van der Waals surface area contributed by atoms with Gasteiger partial charge in [-0.15, -0.1) is 0 Å². The van der Waals surface area contributed by atoms with Crippen molar-refractivity contribution in [2.45, 2.75) is 146 Å². The van der Waals surface area contributed by atoms with Crippen LogP contribution in [0.1, 0.15) is 126 Å². The van der Waals surface area contributed by atoms with Gasteiger partial charge in [0.1, 0.15) is 30.2 Å². The predicted octanol–water partition coefficient (Wildman–Crippen LogP) is -1.11. The van der Waals surface area contributed by atoms with Crippen molar-refractivity contribution in [1.82, 2.24) is 42.2 Å². The van der Waals surface area contributed by atoms with Crippen molar-refractivity contribution in [3.05, 3.63) is 29.8 Å². The summed E-state index contributed by atoms with van der Waals surface area (Å²) in [6.45, 7) is 0.444. The first-order valence-electron chi connectivity index (χ1n) is 22.2. The summed E-state index contributed by atoms with van der Waals surface area (Å²) < 4.78 is 13.2. The number of hydrogen-bond donors (Lipinski definition) is 13. The predicted molar refractivity (Wildman–Crippen MR) is 237 cm³/mol. The molecule has 15 N–H and O–H groups in total. The Balaban J connectivity index is 2.43. The van der Waals surface area contributed by atoms with E-state index in [1.54, 1.807) is 0 Å². The molecule has 384 valence electrons. The van der Waals surface area contributed by atoms with Gasteiger partial charge in [0.15, 0.2) is 0 Å². The number of urea groups is 1. The SMILES string of the molecule is NC(=O)CC[C@H](NC(=O)c1ccc(F)nc1)C(=O)N[C@@H](CCC(N)=O)C(=O)N[C@H](CCCCNC(=O)CCCCCCC(=O)NCCCC[C@H](NC(=O)N[C@@H](CCC(=O)O)C(=O)O)C(=O)O)C(=O)O. The van der Waals surface area contributed by atoms with Gasteiger partial charge in [0.2, 0.25) is 41.4 Å². The van der Waals surface area contributed by atoms with E-state index in [-0.39, 0.29) is 81.8 Å². The van der Waals surface area contributed by atoms with Gasteiger partial charge in [0.25, 0.3) is 5.91 Å². The number of halogens is 1. The molecule has 0 aliphatic carbocycles. The second-order valence-corrected chi connectivity index (χ2v) is 15.8. The second kappa shape index (κ2) is 33.1. The van der Waals surface area contributed by atoms with Gasteiger partial charge >= 0.3 is 29.9 Å². The van der Waals surface area contributed by atoms with Crippen LogP contribution in [0.25, 0.3) is 0 Å². The number of carbonyl (C=O) groups is 12. The number of amides is 9. The van der Waals surface area contributed by atoms with Gasteiger partial charge in [-0.05, 0) is 82.8 Å². The normalized spacial score (nSPS) is 12.9.